The van der Waals surface area contributed by atoms with Gasteiger partial charge in [0.15, 0.2) is 0 Å². The third-order valence-corrected chi connectivity index (χ3v) is 3.65. The smallest absolute Gasteiger partial charge is 0.228 e. The summed E-state index contributed by atoms with van der Waals surface area (Å²) < 4.78 is 0. The normalized spacial score (nSPS) is 11.9. The topological polar surface area (TPSA) is 32.3 Å². The number of nitrogens with one attached hydrogen (secondary N) is 1. The number of carbonyl (C=O) groups excluding carboxylic acids is 1. The Labute approximate surface area is 107 Å². The number of nitrogens with zero attached hydrogens (tertiary/aromatic N) is 1. The van der Waals surface area contributed by atoms with Crippen molar-refractivity contribution in [3.8, 4) is 0 Å². The summed E-state index contributed by atoms with van der Waals surface area (Å²) in [5, 5.41) is 3.09. The van der Waals surface area contributed by atoms with Crippen molar-refractivity contribution in [2.45, 2.75) is 47.0 Å². The molecule has 3 heteroatoms. The maximum Gasteiger partial charge on any atom is 0.228 e. The van der Waals surface area contributed by atoms with Crippen molar-refractivity contribution in [1.82, 2.24) is 10.2 Å². The Balaban J connectivity index is 4.73. The summed E-state index contributed by atoms with van der Waals surface area (Å²) >= 11 is 0. The number of hydrogen-bond acceptors (Lipinski definition) is 2. The Bertz CT molecular complexity index is 222. The van der Waals surface area contributed by atoms with Crippen molar-refractivity contribution in [1.29, 1.82) is 0 Å². The highest BCUT2D eigenvalue weighted by Crippen LogP contribution is 2.35. The summed E-state index contributed by atoms with van der Waals surface area (Å²) in [4.78, 5) is 14.4. The zero-order valence-corrected chi connectivity index (χ0v) is 12.5. The second kappa shape index (κ2) is 7.70. The van der Waals surface area contributed by atoms with Gasteiger partial charge in [-0.1, -0.05) is 27.7 Å². The second-order valence-electron chi connectivity index (χ2n) is 5.42. The van der Waals surface area contributed by atoms with Crippen molar-refractivity contribution >= 4 is 5.91 Å². The van der Waals surface area contributed by atoms with Crippen LogP contribution in [0.2, 0.25) is 0 Å². The van der Waals surface area contributed by atoms with E-state index in [1.807, 2.05) is 19.0 Å². The van der Waals surface area contributed by atoms with Crippen LogP contribution in [0.1, 0.15) is 47.0 Å². The van der Waals surface area contributed by atoms with Gasteiger partial charge in [-0.15, -0.1) is 0 Å². The maximum atomic E-state index is 12.6. The van der Waals surface area contributed by atoms with Crippen LogP contribution >= 0.6 is 0 Å². The predicted octanol–water partition coefficient (Wildman–Crippen LogP) is 2.52. The lowest BCUT2D eigenvalue weighted by Gasteiger charge is -2.35. The lowest BCUT2D eigenvalue weighted by Crippen LogP contribution is -2.44. The number of hydrogen-bond donors (Lipinski definition) is 1. The van der Waals surface area contributed by atoms with Crippen LogP contribution in [0.3, 0.4) is 0 Å². The molecule has 0 atom stereocenters. The lowest BCUT2D eigenvalue weighted by molar-refractivity contribution is -0.142. The molecule has 0 fully saturated rings. The Morgan fingerprint density at radius 2 is 1.82 bits per heavy atom. The SMILES string of the molecule is CCC(CC)(CC(C)C)C(=O)N(C)CCNC. The van der Waals surface area contributed by atoms with E-state index in [1.54, 1.807) is 0 Å². The summed E-state index contributed by atoms with van der Waals surface area (Å²) in [6, 6.07) is 0. The van der Waals surface area contributed by atoms with Crippen molar-refractivity contribution in [2.75, 3.05) is 27.2 Å². The van der Waals surface area contributed by atoms with Gasteiger partial charge in [-0.05, 0) is 32.2 Å². The van der Waals surface area contributed by atoms with E-state index in [0.29, 0.717) is 11.8 Å². The molecule has 0 bridgehead atoms. The minimum absolute atomic E-state index is 0.156. The van der Waals surface area contributed by atoms with Gasteiger partial charge in [-0.3, -0.25) is 4.79 Å². The molecule has 0 aliphatic heterocycles. The predicted molar refractivity (Wildman–Crippen MR) is 74.0 cm³/mol. The second-order valence-corrected chi connectivity index (χ2v) is 5.42. The average Bonchev–Trinajstić information content (AvgIpc) is 2.31. The summed E-state index contributed by atoms with van der Waals surface area (Å²) in [5.41, 5.74) is -0.156. The van der Waals surface area contributed by atoms with E-state index in [1.165, 1.54) is 0 Å². The fourth-order valence-electron chi connectivity index (χ4n) is 2.50. The highest BCUT2D eigenvalue weighted by Gasteiger charge is 2.37. The molecule has 17 heavy (non-hydrogen) atoms. The molecule has 1 N–H and O–H groups in total. The number of likely N-dealkylation sites (N-methyl/N-ethyl adjacent to an activating group) is 2. The van der Waals surface area contributed by atoms with Crippen molar-refractivity contribution in [3.63, 3.8) is 0 Å². The number of amides is 1. The van der Waals surface area contributed by atoms with Gasteiger partial charge in [-0.2, -0.15) is 0 Å². The van der Waals surface area contributed by atoms with Gasteiger partial charge in [0.2, 0.25) is 5.91 Å². The van der Waals surface area contributed by atoms with Crippen LogP contribution in [-0.2, 0) is 4.79 Å². The van der Waals surface area contributed by atoms with E-state index in [0.717, 1.165) is 32.4 Å². The van der Waals surface area contributed by atoms with E-state index >= 15 is 0 Å². The van der Waals surface area contributed by atoms with Gasteiger partial charge in [0.05, 0.1) is 0 Å². The Morgan fingerprint density at radius 1 is 1.29 bits per heavy atom. The molecule has 0 spiro atoms. The molecule has 0 aromatic heterocycles. The van der Waals surface area contributed by atoms with Crippen LogP contribution in [0.4, 0.5) is 0 Å². The Hall–Kier alpha value is -0.570. The first-order chi connectivity index (χ1) is 7.93. The van der Waals surface area contributed by atoms with E-state index in [2.05, 4.69) is 33.0 Å². The third kappa shape index (κ3) is 4.66. The van der Waals surface area contributed by atoms with Gasteiger partial charge < -0.3 is 10.2 Å². The van der Waals surface area contributed by atoms with Crippen LogP contribution in [0.15, 0.2) is 0 Å². The molecule has 0 rings (SSSR count). The molecule has 0 saturated heterocycles. The zero-order chi connectivity index (χ0) is 13.5. The highest BCUT2D eigenvalue weighted by atomic mass is 16.2. The number of rotatable bonds is 8. The zero-order valence-electron chi connectivity index (χ0n) is 12.5. The fourth-order valence-corrected chi connectivity index (χ4v) is 2.50. The van der Waals surface area contributed by atoms with Crippen LogP contribution in [0.25, 0.3) is 0 Å². The standard InChI is InChI=1S/C14H30N2O/c1-7-14(8-2,11-12(3)4)13(17)16(6)10-9-15-5/h12,15H,7-11H2,1-6H3. The molecule has 0 saturated carbocycles. The molecule has 0 heterocycles. The largest absolute Gasteiger partial charge is 0.344 e. The quantitative estimate of drug-likeness (QED) is 0.709. The van der Waals surface area contributed by atoms with Gasteiger partial charge in [0.1, 0.15) is 0 Å². The van der Waals surface area contributed by atoms with E-state index in [-0.39, 0.29) is 5.41 Å². The molecule has 0 aliphatic carbocycles. The monoisotopic (exact) mass is 242 g/mol. The minimum atomic E-state index is -0.156. The summed E-state index contributed by atoms with van der Waals surface area (Å²) in [6.45, 7) is 10.3. The van der Waals surface area contributed by atoms with E-state index < -0.39 is 0 Å². The molecule has 0 aromatic carbocycles. The molecular weight excluding hydrogens is 212 g/mol. The van der Waals surface area contributed by atoms with Gasteiger partial charge in [0.25, 0.3) is 0 Å². The molecule has 1 amide bonds. The Morgan fingerprint density at radius 3 is 2.18 bits per heavy atom. The fraction of sp³-hybridized carbons (Fsp3) is 0.929. The molecular formula is C14H30N2O. The summed E-state index contributed by atoms with van der Waals surface area (Å²) in [7, 11) is 3.83. The summed E-state index contributed by atoms with van der Waals surface area (Å²) in [5.74, 6) is 0.878. The van der Waals surface area contributed by atoms with Crippen LogP contribution < -0.4 is 5.32 Å². The maximum absolute atomic E-state index is 12.6. The molecule has 102 valence electrons. The van der Waals surface area contributed by atoms with E-state index in [4.69, 9.17) is 0 Å². The molecule has 0 aromatic rings. The van der Waals surface area contributed by atoms with E-state index in [9.17, 15) is 4.79 Å². The van der Waals surface area contributed by atoms with Crippen molar-refractivity contribution < 1.29 is 4.79 Å². The lowest BCUT2D eigenvalue weighted by atomic mass is 9.74. The minimum Gasteiger partial charge on any atom is -0.344 e. The molecule has 0 aliphatic rings. The van der Waals surface area contributed by atoms with Gasteiger partial charge in [-0.25, -0.2) is 0 Å². The van der Waals surface area contributed by atoms with Crippen LogP contribution in [-0.4, -0.2) is 38.0 Å². The molecule has 3 nitrogen and oxygen atoms in total. The van der Waals surface area contributed by atoms with Crippen LogP contribution in [0.5, 0.6) is 0 Å². The third-order valence-electron chi connectivity index (χ3n) is 3.65. The number of carbonyl (C=O) groups is 1. The molecule has 0 unspecified atom stereocenters. The van der Waals surface area contributed by atoms with Crippen molar-refractivity contribution in [2.24, 2.45) is 11.3 Å². The first-order valence-electron chi connectivity index (χ1n) is 6.83. The van der Waals surface area contributed by atoms with Gasteiger partial charge in [0, 0.05) is 25.6 Å². The average molecular weight is 242 g/mol. The first kappa shape index (κ1) is 16.4. The highest BCUT2D eigenvalue weighted by molar-refractivity contribution is 5.82. The first-order valence-corrected chi connectivity index (χ1v) is 6.83. The summed E-state index contributed by atoms with van der Waals surface area (Å²) in [6.07, 6.45) is 2.86. The molecule has 0 radical (unpaired) electrons. The van der Waals surface area contributed by atoms with Crippen molar-refractivity contribution in [3.05, 3.63) is 0 Å². The van der Waals surface area contributed by atoms with Crippen LogP contribution in [0, 0.1) is 11.3 Å². The Kier molecular flexibility index (Phi) is 7.44. The van der Waals surface area contributed by atoms with Gasteiger partial charge >= 0.3 is 0 Å².